The number of nitrogens with one attached hydrogen (secondary N) is 2. The van der Waals surface area contributed by atoms with Crippen molar-refractivity contribution in [3.8, 4) is 0 Å². The summed E-state index contributed by atoms with van der Waals surface area (Å²) in [5.74, 6) is -0.189. The SMILES string of the molecule is O=C1NC(=O)[C@@](c2ccccc2)(C2CCOCC2)N1. The second kappa shape index (κ2) is 4.66. The van der Waals surface area contributed by atoms with Gasteiger partial charge in [0.2, 0.25) is 0 Å². The molecule has 100 valence electrons. The highest BCUT2D eigenvalue weighted by Gasteiger charge is 2.53. The third-order valence-corrected chi connectivity index (χ3v) is 3.96. The molecule has 2 N–H and O–H groups in total. The number of amides is 3. The summed E-state index contributed by atoms with van der Waals surface area (Å²) in [6.07, 6.45) is 1.53. The van der Waals surface area contributed by atoms with E-state index in [0.717, 1.165) is 18.4 Å². The van der Waals surface area contributed by atoms with Crippen LogP contribution in [0.3, 0.4) is 0 Å². The zero-order valence-electron chi connectivity index (χ0n) is 10.5. The summed E-state index contributed by atoms with van der Waals surface area (Å²) in [6, 6.07) is 9.03. The van der Waals surface area contributed by atoms with Crippen molar-refractivity contribution in [3.05, 3.63) is 35.9 Å². The molecule has 0 saturated carbocycles. The largest absolute Gasteiger partial charge is 0.381 e. The molecule has 1 aromatic carbocycles. The van der Waals surface area contributed by atoms with Crippen molar-refractivity contribution < 1.29 is 14.3 Å². The lowest BCUT2D eigenvalue weighted by molar-refractivity contribution is -0.127. The van der Waals surface area contributed by atoms with E-state index >= 15 is 0 Å². The molecular formula is C14H16N2O3. The summed E-state index contributed by atoms with van der Waals surface area (Å²) < 4.78 is 5.36. The minimum Gasteiger partial charge on any atom is -0.381 e. The molecule has 5 heteroatoms. The standard InChI is InChI=1S/C14H16N2O3/c17-12-14(16-13(18)15-12,10-4-2-1-3-5-10)11-6-8-19-9-7-11/h1-5,11H,6-9H2,(H2,15,16,17,18)/t14-/m1/s1. The molecule has 2 fully saturated rings. The Morgan fingerprint density at radius 1 is 1.11 bits per heavy atom. The van der Waals surface area contributed by atoms with Gasteiger partial charge in [0, 0.05) is 13.2 Å². The smallest absolute Gasteiger partial charge is 0.322 e. The Balaban J connectivity index is 2.05. The van der Waals surface area contributed by atoms with E-state index in [4.69, 9.17) is 4.74 Å². The predicted octanol–water partition coefficient (Wildman–Crippen LogP) is 1.15. The monoisotopic (exact) mass is 260 g/mol. The van der Waals surface area contributed by atoms with E-state index in [2.05, 4.69) is 10.6 Å². The first-order valence-corrected chi connectivity index (χ1v) is 6.50. The number of rotatable bonds is 2. The fraction of sp³-hybridized carbons (Fsp3) is 0.429. The van der Waals surface area contributed by atoms with Crippen LogP contribution in [0, 0.1) is 5.92 Å². The lowest BCUT2D eigenvalue weighted by Gasteiger charge is -2.37. The van der Waals surface area contributed by atoms with Gasteiger partial charge in [-0.1, -0.05) is 30.3 Å². The Morgan fingerprint density at radius 3 is 2.37 bits per heavy atom. The Hall–Kier alpha value is -1.88. The van der Waals surface area contributed by atoms with Crippen LogP contribution in [0.2, 0.25) is 0 Å². The zero-order chi connectivity index (χ0) is 13.3. The molecule has 3 rings (SSSR count). The van der Waals surface area contributed by atoms with Crippen LogP contribution in [0.4, 0.5) is 4.79 Å². The fourth-order valence-electron chi connectivity index (χ4n) is 3.03. The average Bonchev–Trinajstić information content (AvgIpc) is 2.76. The summed E-state index contributed by atoms with van der Waals surface area (Å²) in [7, 11) is 0. The topological polar surface area (TPSA) is 67.4 Å². The van der Waals surface area contributed by atoms with Crippen molar-refractivity contribution in [2.75, 3.05) is 13.2 Å². The molecule has 2 aliphatic rings. The maximum Gasteiger partial charge on any atom is 0.322 e. The first kappa shape index (κ1) is 12.2. The van der Waals surface area contributed by atoms with Gasteiger partial charge in [-0.3, -0.25) is 10.1 Å². The highest BCUT2D eigenvalue weighted by atomic mass is 16.5. The second-order valence-electron chi connectivity index (χ2n) is 4.97. The molecule has 3 amide bonds. The van der Waals surface area contributed by atoms with Gasteiger partial charge in [-0.2, -0.15) is 0 Å². The van der Waals surface area contributed by atoms with Crippen LogP contribution in [-0.2, 0) is 15.1 Å². The van der Waals surface area contributed by atoms with Gasteiger partial charge in [-0.15, -0.1) is 0 Å². The average molecular weight is 260 g/mol. The number of ether oxygens (including phenoxy) is 1. The first-order valence-electron chi connectivity index (χ1n) is 6.50. The normalized spacial score (nSPS) is 28.0. The van der Waals surface area contributed by atoms with E-state index in [0.29, 0.717) is 13.2 Å². The van der Waals surface area contributed by atoms with Crippen molar-refractivity contribution in [1.29, 1.82) is 0 Å². The number of hydrogen-bond acceptors (Lipinski definition) is 3. The second-order valence-corrected chi connectivity index (χ2v) is 4.97. The molecule has 2 heterocycles. The lowest BCUT2D eigenvalue weighted by atomic mass is 9.74. The molecule has 0 bridgehead atoms. The Bertz CT molecular complexity index is 497. The first-order chi connectivity index (χ1) is 9.23. The van der Waals surface area contributed by atoms with Crippen molar-refractivity contribution in [2.45, 2.75) is 18.4 Å². The lowest BCUT2D eigenvalue weighted by Crippen LogP contribution is -2.51. The van der Waals surface area contributed by atoms with E-state index in [9.17, 15) is 9.59 Å². The van der Waals surface area contributed by atoms with Crippen LogP contribution in [0.25, 0.3) is 0 Å². The molecule has 5 nitrogen and oxygen atoms in total. The molecule has 1 aromatic rings. The molecule has 1 atom stereocenters. The summed E-state index contributed by atoms with van der Waals surface area (Å²) >= 11 is 0. The van der Waals surface area contributed by atoms with Crippen molar-refractivity contribution >= 4 is 11.9 Å². The minimum atomic E-state index is -0.942. The van der Waals surface area contributed by atoms with Crippen LogP contribution >= 0.6 is 0 Å². The number of carbonyl (C=O) groups is 2. The molecule has 0 unspecified atom stereocenters. The van der Waals surface area contributed by atoms with Gasteiger partial charge in [0.05, 0.1) is 0 Å². The minimum absolute atomic E-state index is 0.0649. The molecular weight excluding hydrogens is 244 g/mol. The van der Waals surface area contributed by atoms with Gasteiger partial charge in [0.15, 0.2) is 0 Å². The summed E-state index contributed by atoms with van der Waals surface area (Å²) in [5, 5.41) is 5.22. The molecule has 2 saturated heterocycles. The predicted molar refractivity (Wildman–Crippen MR) is 68.3 cm³/mol. The molecule has 2 aliphatic heterocycles. The van der Waals surface area contributed by atoms with Gasteiger partial charge < -0.3 is 10.1 Å². The van der Waals surface area contributed by atoms with Gasteiger partial charge in [0.25, 0.3) is 5.91 Å². The molecule has 0 aliphatic carbocycles. The van der Waals surface area contributed by atoms with E-state index in [-0.39, 0.29) is 11.8 Å². The van der Waals surface area contributed by atoms with Gasteiger partial charge >= 0.3 is 6.03 Å². The van der Waals surface area contributed by atoms with Crippen LogP contribution in [0.1, 0.15) is 18.4 Å². The van der Waals surface area contributed by atoms with Crippen LogP contribution < -0.4 is 10.6 Å². The molecule has 0 aromatic heterocycles. The number of benzene rings is 1. The zero-order valence-corrected chi connectivity index (χ0v) is 10.5. The number of urea groups is 1. The molecule has 19 heavy (non-hydrogen) atoms. The summed E-state index contributed by atoms with van der Waals surface area (Å²) in [4.78, 5) is 24.0. The van der Waals surface area contributed by atoms with E-state index in [1.165, 1.54) is 0 Å². The highest BCUT2D eigenvalue weighted by molar-refractivity contribution is 6.07. The Morgan fingerprint density at radius 2 is 1.79 bits per heavy atom. The van der Waals surface area contributed by atoms with Crippen molar-refractivity contribution in [2.24, 2.45) is 5.92 Å². The van der Waals surface area contributed by atoms with Crippen molar-refractivity contribution in [3.63, 3.8) is 0 Å². The van der Waals surface area contributed by atoms with Gasteiger partial charge in [0.1, 0.15) is 5.54 Å². The number of imide groups is 1. The third-order valence-electron chi connectivity index (χ3n) is 3.96. The van der Waals surface area contributed by atoms with E-state index in [1.54, 1.807) is 0 Å². The van der Waals surface area contributed by atoms with E-state index < -0.39 is 11.6 Å². The fourth-order valence-corrected chi connectivity index (χ4v) is 3.03. The van der Waals surface area contributed by atoms with Crippen LogP contribution in [-0.4, -0.2) is 25.2 Å². The van der Waals surface area contributed by atoms with Gasteiger partial charge in [-0.05, 0) is 24.3 Å². The molecule has 0 spiro atoms. The maximum atomic E-state index is 12.4. The molecule has 0 radical (unpaired) electrons. The van der Waals surface area contributed by atoms with Crippen LogP contribution in [0.15, 0.2) is 30.3 Å². The number of hydrogen-bond donors (Lipinski definition) is 2. The van der Waals surface area contributed by atoms with E-state index in [1.807, 2.05) is 30.3 Å². The quantitative estimate of drug-likeness (QED) is 0.784. The highest BCUT2D eigenvalue weighted by Crippen LogP contribution is 2.38. The Labute approximate surface area is 111 Å². The summed E-state index contributed by atoms with van der Waals surface area (Å²) in [5.41, 5.74) is -0.104. The maximum absolute atomic E-state index is 12.4. The Kier molecular flexibility index (Phi) is 2.98. The number of carbonyl (C=O) groups excluding carboxylic acids is 2. The van der Waals surface area contributed by atoms with Crippen molar-refractivity contribution in [1.82, 2.24) is 10.6 Å². The van der Waals surface area contributed by atoms with Gasteiger partial charge in [-0.25, -0.2) is 4.79 Å². The van der Waals surface area contributed by atoms with Crippen LogP contribution in [0.5, 0.6) is 0 Å². The third kappa shape index (κ3) is 1.90. The summed E-state index contributed by atoms with van der Waals surface area (Å²) in [6.45, 7) is 1.25.